The maximum absolute atomic E-state index is 12.7. The molecule has 1 saturated heterocycles. The molecule has 1 fully saturated rings. The molecule has 1 aliphatic rings. The van der Waals surface area contributed by atoms with Crippen LogP contribution in [0.1, 0.15) is 23.2 Å². The van der Waals surface area contributed by atoms with Crippen LogP contribution < -0.4 is 20.1 Å². The fourth-order valence-electron chi connectivity index (χ4n) is 3.34. The minimum atomic E-state index is -0.558. The highest BCUT2D eigenvalue weighted by atomic mass is 16.5. The lowest BCUT2D eigenvalue weighted by Crippen LogP contribution is -2.47. The number of anilines is 1. The fraction of sp³-hybridized carbons (Fsp3) is 0.318. The molecule has 2 aromatic rings. The summed E-state index contributed by atoms with van der Waals surface area (Å²) in [6, 6.07) is 13.0. The summed E-state index contributed by atoms with van der Waals surface area (Å²) in [4.78, 5) is 39.1. The summed E-state index contributed by atoms with van der Waals surface area (Å²) in [5, 5.41) is 5.45. The number of rotatable bonds is 7. The van der Waals surface area contributed by atoms with E-state index in [1.165, 1.54) is 4.90 Å². The van der Waals surface area contributed by atoms with Crippen LogP contribution in [0, 0.1) is 0 Å². The molecule has 8 nitrogen and oxygen atoms in total. The zero-order valence-corrected chi connectivity index (χ0v) is 17.0. The highest BCUT2D eigenvalue weighted by molar-refractivity contribution is 5.99. The third-order valence-electron chi connectivity index (χ3n) is 4.99. The van der Waals surface area contributed by atoms with Gasteiger partial charge in [0.05, 0.1) is 20.8 Å². The van der Waals surface area contributed by atoms with Crippen molar-refractivity contribution in [3.05, 3.63) is 54.1 Å². The van der Waals surface area contributed by atoms with Gasteiger partial charge in [0.25, 0.3) is 5.91 Å². The van der Waals surface area contributed by atoms with E-state index in [9.17, 15) is 14.4 Å². The number of amides is 3. The minimum Gasteiger partial charge on any atom is -0.497 e. The Morgan fingerprint density at radius 2 is 1.57 bits per heavy atom. The number of hydrogen-bond acceptors (Lipinski definition) is 5. The first-order valence-electron chi connectivity index (χ1n) is 9.68. The van der Waals surface area contributed by atoms with Crippen LogP contribution in [0.2, 0.25) is 0 Å². The molecule has 0 spiro atoms. The first-order chi connectivity index (χ1) is 14.5. The highest BCUT2D eigenvalue weighted by Gasteiger charge is 2.34. The van der Waals surface area contributed by atoms with Crippen molar-refractivity contribution in [3.8, 4) is 11.5 Å². The van der Waals surface area contributed by atoms with E-state index in [0.29, 0.717) is 35.7 Å². The van der Waals surface area contributed by atoms with E-state index < -0.39 is 6.04 Å². The van der Waals surface area contributed by atoms with Crippen molar-refractivity contribution < 1.29 is 23.9 Å². The summed E-state index contributed by atoms with van der Waals surface area (Å²) >= 11 is 0. The number of methoxy groups -OCH3 is 2. The van der Waals surface area contributed by atoms with E-state index in [0.717, 1.165) is 6.42 Å². The Morgan fingerprint density at radius 1 is 0.967 bits per heavy atom. The van der Waals surface area contributed by atoms with Gasteiger partial charge in [-0.3, -0.25) is 14.4 Å². The Morgan fingerprint density at radius 3 is 2.17 bits per heavy atom. The van der Waals surface area contributed by atoms with Crippen LogP contribution in [0.25, 0.3) is 0 Å². The van der Waals surface area contributed by atoms with Crippen LogP contribution in [0.15, 0.2) is 48.5 Å². The molecule has 8 heteroatoms. The van der Waals surface area contributed by atoms with E-state index in [1.807, 2.05) is 0 Å². The molecular formula is C22H25N3O5. The Bertz CT molecular complexity index is 896. The van der Waals surface area contributed by atoms with Crippen molar-refractivity contribution in [1.29, 1.82) is 0 Å². The van der Waals surface area contributed by atoms with Crippen molar-refractivity contribution in [3.63, 3.8) is 0 Å². The molecule has 30 heavy (non-hydrogen) atoms. The SMILES string of the molecule is COc1ccc(NC(=O)C2CCCN2C(=O)CNC(=O)c2ccc(OC)cc2)cc1. The number of nitrogens with one attached hydrogen (secondary N) is 2. The first-order valence-corrected chi connectivity index (χ1v) is 9.68. The topological polar surface area (TPSA) is 97.0 Å². The van der Waals surface area contributed by atoms with E-state index in [2.05, 4.69) is 10.6 Å². The van der Waals surface area contributed by atoms with Gasteiger partial charge in [-0.2, -0.15) is 0 Å². The summed E-state index contributed by atoms with van der Waals surface area (Å²) in [6.45, 7) is 0.315. The van der Waals surface area contributed by atoms with Crippen LogP contribution in [0.3, 0.4) is 0 Å². The molecule has 0 bridgehead atoms. The highest BCUT2D eigenvalue weighted by Crippen LogP contribution is 2.21. The fourth-order valence-corrected chi connectivity index (χ4v) is 3.34. The second-order valence-electron chi connectivity index (χ2n) is 6.87. The van der Waals surface area contributed by atoms with Crippen LogP contribution in [-0.2, 0) is 9.59 Å². The third-order valence-corrected chi connectivity index (χ3v) is 4.99. The van der Waals surface area contributed by atoms with Crippen molar-refractivity contribution in [2.24, 2.45) is 0 Å². The molecule has 0 radical (unpaired) electrons. The van der Waals surface area contributed by atoms with Crippen LogP contribution in [-0.4, -0.2) is 56.0 Å². The van der Waals surface area contributed by atoms with E-state index in [1.54, 1.807) is 62.8 Å². The summed E-state index contributed by atoms with van der Waals surface area (Å²) in [5.74, 6) is 0.449. The van der Waals surface area contributed by atoms with Crippen molar-refractivity contribution in [2.45, 2.75) is 18.9 Å². The molecule has 0 saturated carbocycles. The average Bonchev–Trinajstić information content (AvgIpc) is 3.28. The number of likely N-dealkylation sites (tertiary alicyclic amines) is 1. The lowest BCUT2D eigenvalue weighted by molar-refractivity contribution is -0.135. The number of nitrogens with zero attached hydrogens (tertiary/aromatic N) is 1. The van der Waals surface area contributed by atoms with Gasteiger partial charge in [-0.25, -0.2) is 0 Å². The zero-order chi connectivity index (χ0) is 21.5. The van der Waals surface area contributed by atoms with Gasteiger partial charge < -0.3 is 25.0 Å². The van der Waals surface area contributed by atoms with Gasteiger partial charge in [-0.15, -0.1) is 0 Å². The van der Waals surface area contributed by atoms with Gasteiger partial charge in [0, 0.05) is 17.8 Å². The van der Waals surface area contributed by atoms with Gasteiger partial charge >= 0.3 is 0 Å². The van der Waals surface area contributed by atoms with Crippen molar-refractivity contribution in [1.82, 2.24) is 10.2 Å². The minimum absolute atomic E-state index is 0.169. The van der Waals surface area contributed by atoms with Gasteiger partial charge in [-0.1, -0.05) is 0 Å². The lowest BCUT2D eigenvalue weighted by atomic mass is 10.2. The molecule has 1 heterocycles. The zero-order valence-electron chi connectivity index (χ0n) is 17.0. The Hall–Kier alpha value is -3.55. The molecular weight excluding hydrogens is 386 g/mol. The molecule has 3 amide bonds. The van der Waals surface area contributed by atoms with Gasteiger partial charge in [0.1, 0.15) is 17.5 Å². The van der Waals surface area contributed by atoms with Crippen LogP contribution in [0.4, 0.5) is 5.69 Å². The van der Waals surface area contributed by atoms with Crippen LogP contribution >= 0.6 is 0 Å². The van der Waals surface area contributed by atoms with Crippen molar-refractivity contribution in [2.75, 3.05) is 32.6 Å². The molecule has 1 atom stereocenters. The third kappa shape index (κ3) is 5.08. The second-order valence-corrected chi connectivity index (χ2v) is 6.87. The summed E-state index contributed by atoms with van der Waals surface area (Å²) in [5.41, 5.74) is 1.06. The van der Waals surface area contributed by atoms with Crippen molar-refractivity contribution >= 4 is 23.4 Å². The molecule has 0 aromatic heterocycles. The number of benzene rings is 2. The maximum Gasteiger partial charge on any atom is 0.251 e. The normalized spacial score (nSPS) is 15.4. The number of carbonyl (C=O) groups excluding carboxylic acids is 3. The Balaban J connectivity index is 1.55. The molecule has 2 aromatic carbocycles. The lowest BCUT2D eigenvalue weighted by Gasteiger charge is -2.24. The Kier molecular flexibility index (Phi) is 6.90. The largest absolute Gasteiger partial charge is 0.497 e. The van der Waals surface area contributed by atoms with Gasteiger partial charge in [0.2, 0.25) is 11.8 Å². The van der Waals surface area contributed by atoms with Crippen LogP contribution in [0.5, 0.6) is 11.5 Å². The van der Waals surface area contributed by atoms with E-state index in [-0.39, 0.29) is 24.3 Å². The van der Waals surface area contributed by atoms with E-state index >= 15 is 0 Å². The summed E-state index contributed by atoms with van der Waals surface area (Å²) < 4.78 is 10.2. The summed E-state index contributed by atoms with van der Waals surface area (Å²) in [7, 11) is 3.12. The first kappa shape index (κ1) is 21.2. The molecule has 1 aliphatic heterocycles. The predicted octanol–water partition coefficient (Wildman–Crippen LogP) is 2.06. The molecule has 158 valence electrons. The number of ether oxygens (including phenoxy) is 2. The monoisotopic (exact) mass is 411 g/mol. The maximum atomic E-state index is 12.7. The predicted molar refractivity (Wildman–Crippen MR) is 112 cm³/mol. The van der Waals surface area contributed by atoms with Gasteiger partial charge in [0.15, 0.2) is 0 Å². The van der Waals surface area contributed by atoms with Gasteiger partial charge in [-0.05, 0) is 61.4 Å². The molecule has 1 unspecified atom stereocenters. The Labute approximate surface area is 175 Å². The molecule has 3 rings (SSSR count). The van der Waals surface area contributed by atoms with E-state index in [4.69, 9.17) is 9.47 Å². The second kappa shape index (κ2) is 9.78. The molecule has 2 N–H and O–H groups in total. The summed E-state index contributed by atoms with van der Waals surface area (Å²) in [6.07, 6.45) is 1.32. The quantitative estimate of drug-likeness (QED) is 0.727. The average molecular weight is 411 g/mol. The smallest absolute Gasteiger partial charge is 0.251 e. The number of carbonyl (C=O) groups is 3. The number of hydrogen-bond donors (Lipinski definition) is 2. The molecule has 0 aliphatic carbocycles. The standard InChI is InChI=1S/C22H25N3O5/c1-29-17-9-5-15(6-10-17)21(27)23-14-20(26)25-13-3-4-19(25)22(28)24-16-7-11-18(30-2)12-8-16/h5-12,19H,3-4,13-14H2,1-2H3,(H,23,27)(H,24,28).